The van der Waals surface area contributed by atoms with E-state index >= 15 is 0 Å². The van der Waals surface area contributed by atoms with Crippen molar-refractivity contribution in [2.45, 2.75) is 32.7 Å². The zero-order valence-electron chi connectivity index (χ0n) is 16.0. The van der Waals surface area contributed by atoms with Crippen LogP contribution in [0.3, 0.4) is 0 Å². The summed E-state index contributed by atoms with van der Waals surface area (Å²) in [6, 6.07) is 9.10. The van der Waals surface area contributed by atoms with Gasteiger partial charge in [0.2, 0.25) is 5.91 Å². The van der Waals surface area contributed by atoms with E-state index in [0.29, 0.717) is 12.5 Å². The lowest BCUT2D eigenvalue weighted by Crippen LogP contribution is -2.40. The third-order valence-corrected chi connectivity index (χ3v) is 5.45. The molecule has 0 atom stereocenters. The number of carbonyl (C=O) groups is 1. The van der Waals surface area contributed by atoms with Gasteiger partial charge in [0.1, 0.15) is 6.61 Å². The summed E-state index contributed by atoms with van der Waals surface area (Å²) in [6.07, 6.45) is 3.30. The number of benzene rings is 1. The molecule has 0 bridgehead atoms. The van der Waals surface area contributed by atoms with Crippen molar-refractivity contribution < 1.29 is 14.3 Å². The number of nitrogens with zero attached hydrogens (tertiary/aromatic N) is 2. The number of hydrogen-bond donors (Lipinski definition) is 0. The largest absolute Gasteiger partial charge is 0.379 e. The Balaban J connectivity index is 1.41. The van der Waals surface area contributed by atoms with E-state index < -0.39 is 0 Å². The van der Waals surface area contributed by atoms with Crippen molar-refractivity contribution >= 4 is 5.91 Å². The number of piperidine rings is 1. The molecule has 0 saturated carbocycles. The molecule has 0 radical (unpaired) electrons. The summed E-state index contributed by atoms with van der Waals surface area (Å²) < 4.78 is 10.6. The van der Waals surface area contributed by atoms with E-state index in [-0.39, 0.29) is 12.5 Å². The Labute approximate surface area is 157 Å². The summed E-state index contributed by atoms with van der Waals surface area (Å²) in [5, 5.41) is 0. The molecule has 0 aromatic heterocycles. The van der Waals surface area contributed by atoms with Crippen molar-refractivity contribution in [2.24, 2.45) is 5.92 Å². The van der Waals surface area contributed by atoms with Crippen LogP contribution in [0.1, 0.15) is 30.9 Å². The zero-order valence-corrected chi connectivity index (χ0v) is 16.0. The predicted octanol–water partition coefficient (Wildman–Crippen LogP) is 2.34. The first kappa shape index (κ1) is 19.3. The average Bonchev–Trinajstić information content (AvgIpc) is 2.69. The average molecular weight is 360 g/mol. The maximum Gasteiger partial charge on any atom is 0.248 e. The van der Waals surface area contributed by atoms with Crippen molar-refractivity contribution in [2.75, 3.05) is 52.6 Å². The molecule has 1 aromatic rings. The smallest absolute Gasteiger partial charge is 0.248 e. The predicted molar refractivity (Wildman–Crippen MR) is 102 cm³/mol. The van der Waals surface area contributed by atoms with Crippen molar-refractivity contribution in [3.05, 3.63) is 35.4 Å². The molecule has 144 valence electrons. The molecule has 2 aliphatic heterocycles. The van der Waals surface area contributed by atoms with Crippen LogP contribution >= 0.6 is 0 Å². The summed E-state index contributed by atoms with van der Waals surface area (Å²) in [5.41, 5.74) is 2.79. The van der Waals surface area contributed by atoms with Crippen LogP contribution in [0.25, 0.3) is 0 Å². The Morgan fingerprint density at radius 1 is 1.08 bits per heavy atom. The molecule has 2 fully saturated rings. The number of amides is 1. The van der Waals surface area contributed by atoms with E-state index in [1.165, 1.54) is 11.1 Å². The molecule has 5 nitrogen and oxygen atoms in total. The van der Waals surface area contributed by atoms with E-state index in [1.807, 2.05) is 11.8 Å². The first-order chi connectivity index (χ1) is 12.7. The Bertz CT molecular complexity index is 547. The minimum absolute atomic E-state index is 0.137. The van der Waals surface area contributed by atoms with Crippen LogP contribution in [0.2, 0.25) is 0 Å². The van der Waals surface area contributed by atoms with Crippen molar-refractivity contribution in [3.8, 4) is 0 Å². The quantitative estimate of drug-likeness (QED) is 0.748. The molecule has 0 aliphatic carbocycles. The number of ether oxygens (including phenoxy) is 2. The number of carbonyl (C=O) groups excluding carboxylic acids is 1. The second-order valence-corrected chi connectivity index (χ2v) is 7.37. The second-order valence-electron chi connectivity index (χ2n) is 7.37. The molecule has 0 spiro atoms. The molecule has 0 N–H and O–H groups in total. The van der Waals surface area contributed by atoms with Gasteiger partial charge in [0.25, 0.3) is 0 Å². The molecule has 3 rings (SSSR count). The van der Waals surface area contributed by atoms with E-state index in [9.17, 15) is 4.79 Å². The molecule has 2 heterocycles. The van der Waals surface area contributed by atoms with Gasteiger partial charge in [-0.25, -0.2) is 0 Å². The molecule has 1 aromatic carbocycles. The van der Waals surface area contributed by atoms with Gasteiger partial charge >= 0.3 is 0 Å². The fraction of sp³-hybridized carbons (Fsp3) is 0.667. The van der Waals surface area contributed by atoms with Gasteiger partial charge in [0.15, 0.2) is 0 Å². The van der Waals surface area contributed by atoms with E-state index in [0.717, 1.165) is 65.2 Å². The number of likely N-dealkylation sites (tertiary alicyclic amines) is 1. The normalized spacial score (nSPS) is 19.7. The number of hydrogen-bond acceptors (Lipinski definition) is 4. The second kappa shape index (κ2) is 10.0. The molecule has 2 aliphatic rings. The topological polar surface area (TPSA) is 42.0 Å². The van der Waals surface area contributed by atoms with Crippen LogP contribution in [0.5, 0.6) is 0 Å². The van der Waals surface area contributed by atoms with Crippen LogP contribution in [0.15, 0.2) is 24.3 Å². The Morgan fingerprint density at radius 2 is 1.73 bits per heavy atom. The molecular weight excluding hydrogens is 328 g/mol. The highest BCUT2D eigenvalue weighted by Crippen LogP contribution is 2.22. The number of rotatable bonds is 7. The fourth-order valence-corrected chi connectivity index (χ4v) is 3.80. The summed E-state index contributed by atoms with van der Waals surface area (Å²) >= 11 is 0. The van der Waals surface area contributed by atoms with Crippen molar-refractivity contribution in [1.82, 2.24) is 9.80 Å². The van der Waals surface area contributed by atoms with Gasteiger partial charge in [-0.3, -0.25) is 9.69 Å². The van der Waals surface area contributed by atoms with Gasteiger partial charge in [-0.2, -0.15) is 0 Å². The molecule has 1 amide bonds. The highest BCUT2D eigenvalue weighted by Gasteiger charge is 2.22. The van der Waals surface area contributed by atoms with Crippen LogP contribution in [-0.2, 0) is 27.2 Å². The molecule has 0 unspecified atom stereocenters. The monoisotopic (exact) mass is 360 g/mol. The van der Waals surface area contributed by atoms with Gasteiger partial charge in [-0.1, -0.05) is 24.3 Å². The van der Waals surface area contributed by atoms with Crippen LogP contribution in [0.4, 0.5) is 0 Å². The summed E-state index contributed by atoms with van der Waals surface area (Å²) in [5.74, 6) is 0.814. The Morgan fingerprint density at radius 3 is 2.38 bits per heavy atom. The van der Waals surface area contributed by atoms with Crippen molar-refractivity contribution in [1.29, 1.82) is 0 Å². The first-order valence-corrected chi connectivity index (χ1v) is 9.98. The van der Waals surface area contributed by atoms with E-state index in [1.54, 1.807) is 0 Å². The highest BCUT2D eigenvalue weighted by molar-refractivity contribution is 5.77. The SMILES string of the molecule is CCOCC(=O)N1CCC(Cc2ccc(CN3CCOCC3)cc2)CC1. The van der Waals surface area contributed by atoms with Crippen LogP contribution < -0.4 is 0 Å². The third-order valence-electron chi connectivity index (χ3n) is 5.45. The van der Waals surface area contributed by atoms with Crippen LogP contribution in [0, 0.1) is 5.92 Å². The third kappa shape index (κ3) is 5.79. The molecular formula is C21H32N2O3. The lowest BCUT2D eigenvalue weighted by molar-refractivity contribution is -0.137. The highest BCUT2D eigenvalue weighted by atomic mass is 16.5. The molecule has 26 heavy (non-hydrogen) atoms. The van der Waals surface area contributed by atoms with Gasteiger partial charge < -0.3 is 14.4 Å². The standard InChI is InChI=1S/C21H32N2O3/c1-2-25-17-21(24)23-9-7-19(8-10-23)15-18-3-5-20(6-4-18)16-22-11-13-26-14-12-22/h3-6,19H,2,7-17H2,1H3. The van der Waals surface area contributed by atoms with Gasteiger partial charge in [-0.15, -0.1) is 0 Å². The van der Waals surface area contributed by atoms with Crippen LogP contribution in [-0.4, -0.2) is 68.3 Å². The molecule has 5 heteroatoms. The van der Waals surface area contributed by atoms with E-state index in [4.69, 9.17) is 9.47 Å². The first-order valence-electron chi connectivity index (χ1n) is 9.98. The molecule has 2 saturated heterocycles. The minimum Gasteiger partial charge on any atom is -0.379 e. The van der Waals surface area contributed by atoms with Crippen molar-refractivity contribution in [3.63, 3.8) is 0 Å². The Hall–Kier alpha value is -1.43. The summed E-state index contributed by atoms with van der Waals surface area (Å²) in [4.78, 5) is 16.4. The summed E-state index contributed by atoms with van der Waals surface area (Å²) in [6.45, 7) is 9.26. The maximum atomic E-state index is 12.0. The Kier molecular flexibility index (Phi) is 7.47. The zero-order chi connectivity index (χ0) is 18.2. The fourth-order valence-electron chi connectivity index (χ4n) is 3.80. The van der Waals surface area contributed by atoms with E-state index in [2.05, 4.69) is 29.2 Å². The maximum absolute atomic E-state index is 12.0. The lowest BCUT2D eigenvalue weighted by Gasteiger charge is -2.32. The minimum atomic E-state index is 0.137. The summed E-state index contributed by atoms with van der Waals surface area (Å²) in [7, 11) is 0. The van der Waals surface area contributed by atoms with Gasteiger partial charge in [-0.05, 0) is 43.2 Å². The van der Waals surface area contributed by atoms with Gasteiger partial charge in [0.05, 0.1) is 13.2 Å². The number of morpholine rings is 1. The van der Waals surface area contributed by atoms with Gasteiger partial charge in [0, 0.05) is 39.3 Å². The lowest BCUT2D eigenvalue weighted by atomic mass is 9.90.